The van der Waals surface area contributed by atoms with Crippen LogP contribution in [0.2, 0.25) is 0 Å². The van der Waals surface area contributed by atoms with Crippen LogP contribution in [0.1, 0.15) is 37.9 Å². The van der Waals surface area contributed by atoms with Crippen LogP contribution in [0.4, 0.5) is 0 Å². The summed E-state index contributed by atoms with van der Waals surface area (Å²) in [6.07, 6.45) is -0.769. The molecule has 0 saturated heterocycles. The maximum absolute atomic E-state index is 9.79. The zero-order valence-electron chi connectivity index (χ0n) is 11.6. The van der Waals surface area contributed by atoms with Crippen LogP contribution >= 0.6 is 0 Å². The van der Waals surface area contributed by atoms with Crippen molar-refractivity contribution in [3.05, 3.63) is 29.3 Å². The van der Waals surface area contributed by atoms with Gasteiger partial charge < -0.3 is 21.3 Å². The van der Waals surface area contributed by atoms with E-state index in [4.69, 9.17) is 16.2 Å². The number of aliphatic hydroxyl groups excluding tert-OH is 1. The minimum atomic E-state index is -0.769. The molecule has 0 heterocycles. The van der Waals surface area contributed by atoms with E-state index in [0.29, 0.717) is 5.75 Å². The summed E-state index contributed by atoms with van der Waals surface area (Å²) in [6, 6.07) is 5.36. The maximum Gasteiger partial charge on any atom is 0.123 e. The van der Waals surface area contributed by atoms with Gasteiger partial charge in [-0.15, -0.1) is 0 Å². The van der Waals surface area contributed by atoms with Crippen molar-refractivity contribution in [2.75, 3.05) is 13.7 Å². The molecule has 0 saturated carbocycles. The van der Waals surface area contributed by atoms with Gasteiger partial charge in [-0.3, -0.25) is 0 Å². The monoisotopic (exact) mass is 252 g/mol. The summed E-state index contributed by atoms with van der Waals surface area (Å²) in [5.74, 6) is 0.683. The molecule has 4 heteroatoms. The molecule has 0 aromatic heterocycles. The first-order valence-electron chi connectivity index (χ1n) is 6.13. The number of ether oxygens (including phenoxy) is 1. The fourth-order valence-corrected chi connectivity index (χ4v) is 1.82. The van der Waals surface area contributed by atoms with E-state index >= 15 is 0 Å². The van der Waals surface area contributed by atoms with E-state index in [0.717, 1.165) is 11.1 Å². The van der Waals surface area contributed by atoms with Crippen molar-refractivity contribution in [1.82, 2.24) is 0 Å². The number of benzene rings is 1. The molecule has 0 amide bonds. The molecule has 2 atom stereocenters. The molecule has 4 nitrogen and oxygen atoms in total. The Labute approximate surface area is 109 Å². The molecule has 0 aliphatic carbocycles. The Balaban J connectivity index is 3.22. The average Bonchev–Trinajstić information content (AvgIpc) is 2.35. The van der Waals surface area contributed by atoms with Crippen LogP contribution in [0, 0.1) is 0 Å². The molecular formula is C14H24N2O2. The Morgan fingerprint density at radius 1 is 1.33 bits per heavy atom. The molecule has 0 spiro atoms. The van der Waals surface area contributed by atoms with Crippen molar-refractivity contribution < 1.29 is 9.84 Å². The van der Waals surface area contributed by atoms with Crippen molar-refractivity contribution in [3.8, 4) is 5.75 Å². The fraction of sp³-hybridized carbons (Fsp3) is 0.571. The van der Waals surface area contributed by atoms with Crippen LogP contribution in [0.3, 0.4) is 0 Å². The summed E-state index contributed by atoms with van der Waals surface area (Å²) >= 11 is 0. The number of nitrogens with two attached hydrogens (primary N) is 2. The van der Waals surface area contributed by atoms with Crippen LogP contribution in [0.15, 0.2) is 18.2 Å². The lowest BCUT2D eigenvalue weighted by Gasteiger charge is -2.24. The van der Waals surface area contributed by atoms with Crippen molar-refractivity contribution in [3.63, 3.8) is 0 Å². The molecule has 0 bridgehead atoms. The highest BCUT2D eigenvalue weighted by Gasteiger charge is 2.22. The van der Waals surface area contributed by atoms with Gasteiger partial charge in [0, 0.05) is 12.1 Å². The molecule has 5 N–H and O–H groups in total. The fourth-order valence-electron chi connectivity index (χ4n) is 1.82. The Morgan fingerprint density at radius 2 is 1.94 bits per heavy atom. The summed E-state index contributed by atoms with van der Waals surface area (Å²) in [6.45, 7) is 6.51. The van der Waals surface area contributed by atoms with Gasteiger partial charge in [0.1, 0.15) is 5.75 Å². The molecule has 1 aromatic rings. The number of rotatable bonds is 4. The molecule has 0 radical (unpaired) electrons. The van der Waals surface area contributed by atoms with E-state index in [9.17, 15) is 5.11 Å². The highest BCUT2D eigenvalue weighted by molar-refractivity contribution is 5.42. The summed E-state index contributed by atoms with van der Waals surface area (Å²) < 4.78 is 5.30. The van der Waals surface area contributed by atoms with Gasteiger partial charge in [0.2, 0.25) is 0 Å². The highest BCUT2D eigenvalue weighted by atomic mass is 16.5. The lowest BCUT2D eigenvalue weighted by Crippen LogP contribution is -2.33. The second-order valence-corrected chi connectivity index (χ2v) is 5.54. The van der Waals surface area contributed by atoms with E-state index < -0.39 is 12.1 Å². The number of methoxy groups -OCH3 is 1. The zero-order chi connectivity index (χ0) is 13.9. The minimum absolute atomic E-state index is 0.0222. The van der Waals surface area contributed by atoms with Crippen LogP contribution < -0.4 is 16.2 Å². The molecule has 102 valence electrons. The van der Waals surface area contributed by atoms with Gasteiger partial charge in [0.15, 0.2) is 0 Å². The largest absolute Gasteiger partial charge is 0.496 e. The van der Waals surface area contributed by atoms with Crippen molar-refractivity contribution in [1.29, 1.82) is 0 Å². The van der Waals surface area contributed by atoms with Gasteiger partial charge in [0.25, 0.3) is 0 Å². The highest BCUT2D eigenvalue weighted by Crippen LogP contribution is 2.31. The second-order valence-electron chi connectivity index (χ2n) is 5.54. The topological polar surface area (TPSA) is 81.5 Å². The molecule has 0 fully saturated rings. The molecule has 1 rings (SSSR count). The van der Waals surface area contributed by atoms with Gasteiger partial charge in [-0.1, -0.05) is 26.8 Å². The van der Waals surface area contributed by atoms with E-state index in [1.807, 2.05) is 18.2 Å². The summed E-state index contributed by atoms with van der Waals surface area (Å²) in [4.78, 5) is 0. The van der Waals surface area contributed by atoms with Crippen LogP contribution in [-0.4, -0.2) is 24.9 Å². The predicted octanol–water partition coefficient (Wildman–Crippen LogP) is 1.31. The molecule has 2 unspecified atom stereocenters. The first-order valence-corrected chi connectivity index (χ1v) is 6.13. The third-order valence-corrected chi connectivity index (χ3v) is 3.11. The van der Waals surface area contributed by atoms with E-state index in [2.05, 4.69) is 20.8 Å². The second kappa shape index (κ2) is 5.69. The summed E-state index contributed by atoms with van der Waals surface area (Å²) in [7, 11) is 1.59. The Morgan fingerprint density at radius 3 is 2.39 bits per heavy atom. The Kier molecular flexibility index (Phi) is 4.73. The molecular weight excluding hydrogens is 228 g/mol. The number of hydrogen-bond acceptors (Lipinski definition) is 4. The zero-order valence-corrected chi connectivity index (χ0v) is 11.6. The van der Waals surface area contributed by atoms with Crippen molar-refractivity contribution in [2.24, 2.45) is 11.5 Å². The molecule has 0 aliphatic heterocycles. The van der Waals surface area contributed by atoms with Crippen LogP contribution in [0.5, 0.6) is 5.75 Å². The Hall–Kier alpha value is -1.10. The first-order chi connectivity index (χ1) is 8.31. The lowest BCUT2D eigenvalue weighted by molar-refractivity contribution is 0.151. The minimum Gasteiger partial charge on any atom is -0.496 e. The predicted molar refractivity (Wildman–Crippen MR) is 73.7 cm³/mol. The molecule has 18 heavy (non-hydrogen) atoms. The van der Waals surface area contributed by atoms with Gasteiger partial charge in [-0.2, -0.15) is 0 Å². The smallest absolute Gasteiger partial charge is 0.123 e. The maximum atomic E-state index is 9.79. The summed E-state index contributed by atoms with van der Waals surface area (Å²) in [5, 5.41) is 9.79. The number of hydrogen-bond donors (Lipinski definition) is 3. The number of aliphatic hydroxyl groups is 1. The van der Waals surface area contributed by atoms with E-state index in [-0.39, 0.29) is 12.0 Å². The first kappa shape index (κ1) is 15.0. The third-order valence-electron chi connectivity index (χ3n) is 3.11. The van der Waals surface area contributed by atoms with Gasteiger partial charge in [0.05, 0.1) is 19.3 Å². The van der Waals surface area contributed by atoms with Crippen molar-refractivity contribution in [2.45, 2.75) is 38.3 Å². The van der Waals surface area contributed by atoms with Gasteiger partial charge in [-0.25, -0.2) is 0 Å². The standard InChI is InChI=1S/C14H24N2O2/c1-14(2,3)9-5-6-12(18-4)10(7-9)13(16)11(17)8-15/h5-7,11,13,17H,8,15-16H2,1-4H3. The van der Waals surface area contributed by atoms with Gasteiger partial charge in [-0.05, 0) is 23.1 Å². The van der Waals surface area contributed by atoms with Gasteiger partial charge >= 0.3 is 0 Å². The molecule has 0 aliphatic rings. The van der Waals surface area contributed by atoms with E-state index in [1.165, 1.54) is 0 Å². The molecule has 1 aromatic carbocycles. The SMILES string of the molecule is COc1ccc(C(C)(C)C)cc1C(N)C(O)CN. The van der Waals surface area contributed by atoms with Crippen molar-refractivity contribution >= 4 is 0 Å². The average molecular weight is 252 g/mol. The van der Waals surface area contributed by atoms with E-state index in [1.54, 1.807) is 7.11 Å². The normalized spacial score (nSPS) is 15.3. The quantitative estimate of drug-likeness (QED) is 0.754. The summed E-state index contributed by atoms with van der Waals surface area (Å²) in [5.41, 5.74) is 13.4. The Bertz CT molecular complexity index is 399. The third kappa shape index (κ3) is 3.22. The lowest BCUT2D eigenvalue weighted by atomic mass is 9.84. The van der Waals surface area contributed by atoms with Crippen LogP contribution in [-0.2, 0) is 5.41 Å². The van der Waals surface area contributed by atoms with Crippen LogP contribution in [0.25, 0.3) is 0 Å².